The van der Waals surface area contributed by atoms with Gasteiger partial charge in [-0.05, 0) is 24.5 Å². The summed E-state index contributed by atoms with van der Waals surface area (Å²) in [5.41, 5.74) is 0. The second kappa shape index (κ2) is 5.16. The first kappa shape index (κ1) is 12.3. The van der Waals surface area contributed by atoms with Gasteiger partial charge in [-0.25, -0.2) is 0 Å². The van der Waals surface area contributed by atoms with E-state index in [1.807, 2.05) is 11.8 Å². The van der Waals surface area contributed by atoms with Gasteiger partial charge in [0.25, 0.3) is 0 Å². The first-order valence-corrected chi connectivity index (χ1v) is 6.17. The third-order valence-corrected chi connectivity index (χ3v) is 4.34. The summed E-state index contributed by atoms with van der Waals surface area (Å²) in [5.74, 6) is 1.68. The van der Waals surface area contributed by atoms with Crippen molar-refractivity contribution >= 4 is 11.8 Å². The SMILES string of the molecule is CSC(C)(C)C(C)CCC(C)C. The van der Waals surface area contributed by atoms with Gasteiger partial charge in [0.05, 0.1) is 0 Å². The van der Waals surface area contributed by atoms with Crippen molar-refractivity contribution < 1.29 is 0 Å². The highest BCUT2D eigenvalue weighted by Crippen LogP contribution is 2.33. The average molecular weight is 188 g/mol. The van der Waals surface area contributed by atoms with Crippen molar-refractivity contribution in [2.24, 2.45) is 11.8 Å². The Kier molecular flexibility index (Phi) is 5.31. The lowest BCUT2D eigenvalue weighted by Gasteiger charge is -2.30. The van der Waals surface area contributed by atoms with Crippen LogP contribution in [0.5, 0.6) is 0 Å². The van der Waals surface area contributed by atoms with E-state index in [1.165, 1.54) is 12.8 Å². The Bertz CT molecular complexity index is 116. The van der Waals surface area contributed by atoms with Gasteiger partial charge in [0.15, 0.2) is 0 Å². The van der Waals surface area contributed by atoms with E-state index in [2.05, 4.69) is 40.9 Å². The Morgan fingerprint density at radius 1 is 1.08 bits per heavy atom. The molecule has 0 heterocycles. The molecular formula is C11H24S. The smallest absolute Gasteiger partial charge is 0.0126 e. The summed E-state index contributed by atoms with van der Waals surface area (Å²) in [5, 5.41) is 0. The van der Waals surface area contributed by atoms with Crippen LogP contribution in [0.15, 0.2) is 0 Å². The first-order chi connectivity index (χ1) is 5.40. The lowest BCUT2D eigenvalue weighted by Crippen LogP contribution is -2.24. The highest BCUT2D eigenvalue weighted by Gasteiger charge is 2.23. The third kappa shape index (κ3) is 4.39. The maximum Gasteiger partial charge on any atom is 0.0126 e. The zero-order chi connectivity index (χ0) is 9.78. The second-order valence-corrected chi connectivity index (χ2v) is 6.14. The topological polar surface area (TPSA) is 0 Å². The lowest BCUT2D eigenvalue weighted by atomic mass is 9.90. The molecule has 0 aliphatic carbocycles. The summed E-state index contributed by atoms with van der Waals surface area (Å²) in [7, 11) is 0. The molecule has 0 aliphatic rings. The van der Waals surface area contributed by atoms with Gasteiger partial charge in [-0.1, -0.05) is 41.0 Å². The fourth-order valence-electron chi connectivity index (χ4n) is 1.13. The van der Waals surface area contributed by atoms with Gasteiger partial charge >= 0.3 is 0 Å². The predicted molar refractivity (Wildman–Crippen MR) is 60.8 cm³/mol. The van der Waals surface area contributed by atoms with Crippen molar-refractivity contribution in [2.45, 2.75) is 52.2 Å². The number of thioether (sulfide) groups is 1. The monoisotopic (exact) mass is 188 g/mol. The molecule has 0 rings (SSSR count). The molecule has 0 aliphatic heterocycles. The molecule has 0 nitrogen and oxygen atoms in total. The number of rotatable bonds is 5. The predicted octanol–water partition coefficient (Wildman–Crippen LogP) is 4.20. The molecule has 0 fully saturated rings. The molecule has 74 valence electrons. The zero-order valence-corrected chi connectivity index (χ0v) is 10.3. The average Bonchev–Trinajstić information content (AvgIpc) is 2.00. The Labute approximate surface area is 82.5 Å². The fourth-order valence-corrected chi connectivity index (χ4v) is 1.65. The Morgan fingerprint density at radius 3 is 1.92 bits per heavy atom. The largest absolute Gasteiger partial charge is 0.159 e. The van der Waals surface area contributed by atoms with E-state index in [0.717, 1.165) is 11.8 Å². The van der Waals surface area contributed by atoms with Gasteiger partial charge in [0.2, 0.25) is 0 Å². The normalized spacial score (nSPS) is 15.2. The molecule has 0 aromatic rings. The molecule has 0 N–H and O–H groups in total. The van der Waals surface area contributed by atoms with Crippen LogP contribution in [0.1, 0.15) is 47.5 Å². The lowest BCUT2D eigenvalue weighted by molar-refractivity contribution is 0.388. The quantitative estimate of drug-likeness (QED) is 0.623. The molecule has 0 saturated carbocycles. The molecule has 0 radical (unpaired) electrons. The van der Waals surface area contributed by atoms with Crippen LogP contribution in [0.3, 0.4) is 0 Å². The van der Waals surface area contributed by atoms with Crippen LogP contribution in [-0.4, -0.2) is 11.0 Å². The van der Waals surface area contributed by atoms with Crippen molar-refractivity contribution in [1.29, 1.82) is 0 Å². The molecule has 0 bridgehead atoms. The summed E-state index contributed by atoms with van der Waals surface area (Å²) in [6.45, 7) is 11.7. The van der Waals surface area contributed by atoms with Crippen molar-refractivity contribution in [3.05, 3.63) is 0 Å². The van der Waals surface area contributed by atoms with E-state index in [9.17, 15) is 0 Å². The van der Waals surface area contributed by atoms with Crippen LogP contribution in [-0.2, 0) is 0 Å². The minimum atomic E-state index is 0.453. The molecule has 1 heteroatoms. The fraction of sp³-hybridized carbons (Fsp3) is 1.00. The van der Waals surface area contributed by atoms with E-state index < -0.39 is 0 Å². The Hall–Kier alpha value is 0.350. The molecule has 0 spiro atoms. The van der Waals surface area contributed by atoms with Crippen LogP contribution >= 0.6 is 11.8 Å². The Balaban J connectivity index is 3.78. The molecule has 1 unspecified atom stereocenters. The van der Waals surface area contributed by atoms with Gasteiger partial charge in [-0.3, -0.25) is 0 Å². The van der Waals surface area contributed by atoms with E-state index in [4.69, 9.17) is 0 Å². The van der Waals surface area contributed by atoms with E-state index in [1.54, 1.807) is 0 Å². The van der Waals surface area contributed by atoms with Gasteiger partial charge in [-0.2, -0.15) is 11.8 Å². The first-order valence-electron chi connectivity index (χ1n) is 4.95. The van der Waals surface area contributed by atoms with Gasteiger partial charge in [0, 0.05) is 4.75 Å². The molecule has 0 aromatic heterocycles. The van der Waals surface area contributed by atoms with Crippen LogP contribution < -0.4 is 0 Å². The number of hydrogen-bond acceptors (Lipinski definition) is 1. The zero-order valence-electron chi connectivity index (χ0n) is 9.48. The van der Waals surface area contributed by atoms with Crippen LogP contribution in [0, 0.1) is 11.8 Å². The van der Waals surface area contributed by atoms with Crippen LogP contribution in [0.2, 0.25) is 0 Å². The summed E-state index contributed by atoms with van der Waals surface area (Å²) in [4.78, 5) is 0. The molecule has 0 aromatic carbocycles. The maximum atomic E-state index is 2.37. The molecular weight excluding hydrogens is 164 g/mol. The van der Waals surface area contributed by atoms with E-state index in [0.29, 0.717) is 4.75 Å². The molecule has 1 atom stereocenters. The number of hydrogen-bond donors (Lipinski definition) is 0. The summed E-state index contributed by atoms with van der Waals surface area (Å²) in [6, 6.07) is 0. The second-order valence-electron chi connectivity index (χ2n) is 4.68. The van der Waals surface area contributed by atoms with E-state index in [-0.39, 0.29) is 0 Å². The highest BCUT2D eigenvalue weighted by molar-refractivity contribution is 7.99. The maximum absolute atomic E-state index is 2.37. The van der Waals surface area contributed by atoms with Gasteiger partial charge < -0.3 is 0 Å². The third-order valence-electron chi connectivity index (χ3n) is 2.89. The minimum absolute atomic E-state index is 0.453. The van der Waals surface area contributed by atoms with Gasteiger partial charge in [-0.15, -0.1) is 0 Å². The van der Waals surface area contributed by atoms with Crippen LogP contribution in [0.25, 0.3) is 0 Å². The summed E-state index contributed by atoms with van der Waals surface area (Å²) < 4.78 is 0.453. The standard InChI is InChI=1S/C11H24S/c1-9(2)7-8-10(3)11(4,5)12-6/h9-10H,7-8H2,1-6H3. The summed E-state index contributed by atoms with van der Waals surface area (Å²) >= 11 is 1.99. The van der Waals surface area contributed by atoms with Crippen molar-refractivity contribution in [3.8, 4) is 0 Å². The Morgan fingerprint density at radius 2 is 1.58 bits per heavy atom. The molecule has 0 saturated heterocycles. The minimum Gasteiger partial charge on any atom is -0.159 e. The highest BCUT2D eigenvalue weighted by atomic mass is 32.2. The van der Waals surface area contributed by atoms with Crippen molar-refractivity contribution in [3.63, 3.8) is 0 Å². The van der Waals surface area contributed by atoms with Gasteiger partial charge in [0.1, 0.15) is 0 Å². The molecule has 0 amide bonds. The van der Waals surface area contributed by atoms with E-state index >= 15 is 0 Å². The molecule has 12 heavy (non-hydrogen) atoms. The van der Waals surface area contributed by atoms with Crippen LogP contribution in [0.4, 0.5) is 0 Å². The summed E-state index contributed by atoms with van der Waals surface area (Å²) in [6.07, 6.45) is 4.95. The van der Waals surface area contributed by atoms with Crippen molar-refractivity contribution in [1.82, 2.24) is 0 Å². The van der Waals surface area contributed by atoms with Crippen molar-refractivity contribution in [2.75, 3.05) is 6.26 Å².